The molecule has 2 aromatic carbocycles. The van der Waals surface area contributed by atoms with E-state index in [0.29, 0.717) is 17.5 Å². The molecular weight excluding hydrogens is 380 g/mol. The summed E-state index contributed by atoms with van der Waals surface area (Å²) in [6.45, 7) is 1.73. The molecule has 0 spiro atoms. The highest BCUT2D eigenvalue weighted by Gasteiger charge is 2.25. The van der Waals surface area contributed by atoms with Gasteiger partial charge in [0.25, 0.3) is 5.91 Å². The number of hydrogen-bond donors (Lipinski definition) is 1. The van der Waals surface area contributed by atoms with E-state index in [2.05, 4.69) is 15.3 Å². The maximum atomic E-state index is 13.1. The van der Waals surface area contributed by atoms with Crippen LogP contribution >= 0.6 is 0 Å². The molecule has 1 atom stereocenters. The molecule has 7 heteroatoms. The first kappa shape index (κ1) is 19.4. The van der Waals surface area contributed by atoms with Crippen molar-refractivity contribution in [3.05, 3.63) is 89.8 Å². The summed E-state index contributed by atoms with van der Waals surface area (Å²) in [5.74, 6) is 1.99. The van der Waals surface area contributed by atoms with Crippen molar-refractivity contribution in [2.24, 2.45) is 7.05 Å². The van der Waals surface area contributed by atoms with Crippen LogP contribution in [0.3, 0.4) is 0 Å². The lowest BCUT2D eigenvalue weighted by molar-refractivity contribution is 0.0935. The monoisotopic (exact) mass is 402 g/mol. The number of oxazole rings is 1. The largest absolute Gasteiger partial charge is 0.497 e. The van der Waals surface area contributed by atoms with E-state index in [1.54, 1.807) is 20.2 Å². The van der Waals surface area contributed by atoms with Crippen LogP contribution in [0.2, 0.25) is 0 Å². The first-order chi connectivity index (χ1) is 14.6. The third-order valence-corrected chi connectivity index (χ3v) is 4.87. The number of methoxy groups -OCH3 is 1. The first-order valence-electron chi connectivity index (χ1n) is 9.51. The van der Waals surface area contributed by atoms with E-state index in [0.717, 1.165) is 16.9 Å². The summed E-state index contributed by atoms with van der Waals surface area (Å²) in [5.41, 5.74) is 1.94. The number of nitrogens with zero attached hydrogens (tertiary/aromatic N) is 3. The Morgan fingerprint density at radius 1 is 1.13 bits per heavy atom. The van der Waals surface area contributed by atoms with E-state index >= 15 is 0 Å². The lowest BCUT2D eigenvalue weighted by Gasteiger charge is -2.19. The van der Waals surface area contributed by atoms with Gasteiger partial charge in [-0.2, -0.15) is 0 Å². The predicted molar refractivity (Wildman–Crippen MR) is 112 cm³/mol. The van der Waals surface area contributed by atoms with Crippen LogP contribution in [0.25, 0.3) is 11.5 Å². The number of hydrogen-bond acceptors (Lipinski definition) is 5. The minimum atomic E-state index is -0.459. The minimum Gasteiger partial charge on any atom is -0.497 e. The highest BCUT2D eigenvalue weighted by molar-refractivity contribution is 5.94. The van der Waals surface area contributed by atoms with E-state index in [1.807, 2.05) is 72.4 Å². The van der Waals surface area contributed by atoms with Gasteiger partial charge in [-0.05, 0) is 36.8 Å². The van der Waals surface area contributed by atoms with Crippen molar-refractivity contribution in [3.63, 3.8) is 0 Å². The van der Waals surface area contributed by atoms with Gasteiger partial charge < -0.3 is 19.0 Å². The molecule has 30 heavy (non-hydrogen) atoms. The van der Waals surface area contributed by atoms with E-state index < -0.39 is 6.04 Å². The van der Waals surface area contributed by atoms with Gasteiger partial charge in [0, 0.05) is 25.0 Å². The fraction of sp³-hybridized carbons (Fsp3) is 0.174. The molecule has 2 heterocycles. The molecule has 2 aromatic heterocycles. The fourth-order valence-corrected chi connectivity index (χ4v) is 3.26. The summed E-state index contributed by atoms with van der Waals surface area (Å²) in [4.78, 5) is 22.0. The normalized spacial score (nSPS) is 11.8. The number of ether oxygens (including phenoxy) is 1. The van der Waals surface area contributed by atoms with Gasteiger partial charge in [0.2, 0.25) is 5.89 Å². The average Bonchev–Trinajstić information content (AvgIpc) is 3.38. The highest BCUT2D eigenvalue weighted by atomic mass is 16.5. The Hall–Kier alpha value is -3.87. The van der Waals surface area contributed by atoms with Crippen LogP contribution in [0.15, 0.2) is 71.4 Å². The molecule has 0 aliphatic heterocycles. The summed E-state index contributed by atoms with van der Waals surface area (Å²) in [6.07, 6.45) is 3.54. The number of aryl methyl sites for hydroxylation is 2. The van der Waals surface area contributed by atoms with Gasteiger partial charge in [0.15, 0.2) is 5.69 Å². The highest BCUT2D eigenvalue weighted by Crippen LogP contribution is 2.25. The Morgan fingerprint density at radius 2 is 1.87 bits per heavy atom. The number of benzene rings is 2. The van der Waals surface area contributed by atoms with Gasteiger partial charge in [-0.3, -0.25) is 4.79 Å². The zero-order valence-electron chi connectivity index (χ0n) is 17.0. The molecule has 0 fully saturated rings. The van der Waals surface area contributed by atoms with E-state index in [-0.39, 0.29) is 11.6 Å². The van der Waals surface area contributed by atoms with Gasteiger partial charge in [-0.1, -0.05) is 30.3 Å². The number of rotatable bonds is 6. The van der Waals surface area contributed by atoms with E-state index in [1.165, 1.54) is 0 Å². The van der Waals surface area contributed by atoms with Crippen LogP contribution in [-0.2, 0) is 7.05 Å². The van der Waals surface area contributed by atoms with E-state index in [9.17, 15) is 4.79 Å². The molecule has 1 unspecified atom stereocenters. The van der Waals surface area contributed by atoms with Gasteiger partial charge in [-0.15, -0.1) is 0 Å². The number of carbonyl (C=O) groups is 1. The molecule has 152 valence electrons. The summed E-state index contributed by atoms with van der Waals surface area (Å²) in [7, 11) is 3.50. The molecular formula is C23H22N4O3. The predicted octanol–water partition coefficient (Wildman–Crippen LogP) is 3.91. The van der Waals surface area contributed by atoms with Crippen molar-refractivity contribution in [2.75, 3.05) is 7.11 Å². The maximum absolute atomic E-state index is 13.1. The SMILES string of the molecule is COc1ccc(C(NC(=O)c2nc(-c3ccccc3)oc2C)c2nccn2C)cc1. The van der Waals surface area contributed by atoms with Crippen molar-refractivity contribution in [1.29, 1.82) is 0 Å². The molecule has 1 amide bonds. The summed E-state index contributed by atoms with van der Waals surface area (Å²) in [5, 5.41) is 3.05. The Balaban J connectivity index is 1.65. The smallest absolute Gasteiger partial charge is 0.274 e. The van der Waals surface area contributed by atoms with Crippen LogP contribution in [0.5, 0.6) is 5.75 Å². The van der Waals surface area contributed by atoms with Crippen molar-refractivity contribution < 1.29 is 13.9 Å². The van der Waals surface area contributed by atoms with Crippen LogP contribution in [-0.4, -0.2) is 27.6 Å². The van der Waals surface area contributed by atoms with Crippen molar-refractivity contribution in [3.8, 4) is 17.2 Å². The molecule has 4 aromatic rings. The number of nitrogens with one attached hydrogen (secondary N) is 1. The van der Waals surface area contributed by atoms with Crippen molar-refractivity contribution in [2.45, 2.75) is 13.0 Å². The molecule has 0 saturated carbocycles. The second-order valence-corrected chi connectivity index (χ2v) is 6.87. The molecule has 7 nitrogen and oxygen atoms in total. The Morgan fingerprint density at radius 3 is 2.50 bits per heavy atom. The molecule has 0 aliphatic carbocycles. The van der Waals surface area contributed by atoms with Crippen LogP contribution in [0.1, 0.15) is 33.7 Å². The summed E-state index contributed by atoms with van der Waals surface area (Å²) < 4.78 is 12.9. The Labute approximate surface area is 174 Å². The van der Waals surface area contributed by atoms with Crippen LogP contribution in [0.4, 0.5) is 0 Å². The van der Waals surface area contributed by atoms with Gasteiger partial charge in [0.1, 0.15) is 23.4 Å². The maximum Gasteiger partial charge on any atom is 0.274 e. The quantitative estimate of drug-likeness (QED) is 0.529. The Kier molecular flexibility index (Phi) is 5.34. The zero-order valence-corrected chi connectivity index (χ0v) is 17.0. The standard InChI is InChI=1S/C23H22N4O3/c1-15-19(26-23(30-15)17-7-5-4-6-8-17)22(28)25-20(21-24-13-14-27(21)2)16-9-11-18(29-3)12-10-16/h4-14,20H,1-3H3,(H,25,28). The second kappa shape index (κ2) is 8.24. The number of carbonyl (C=O) groups excluding carboxylic acids is 1. The fourth-order valence-electron chi connectivity index (χ4n) is 3.26. The molecule has 0 aliphatic rings. The average molecular weight is 402 g/mol. The molecule has 0 radical (unpaired) electrons. The third kappa shape index (κ3) is 3.82. The zero-order chi connectivity index (χ0) is 21.1. The van der Waals surface area contributed by atoms with Crippen molar-refractivity contribution in [1.82, 2.24) is 19.9 Å². The third-order valence-electron chi connectivity index (χ3n) is 4.87. The number of imidazole rings is 1. The van der Waals surface area contributed by atoms with E-state index in [4.69, 9.17) is 9.15 Å². The molecule has 0 saturated heterocycles. The first-order valence-corrected chi connectivity index (χ1v) is 9.51. The molecule has 4 rings (SSSR count). The lowest BCUT2D eigenvalue weighted by atomic mass is 10.1. The Bertz CT molecular complexity index is 1150. The molecule has 0 bridgehead atoms. The lowest BCUT2D eigenvalue weighted by Crippen LogP contribution is -2.31. The summed E-state index contributed by atoms with van der Waals surface area (Å²) >= 11 is 0. The van der Waals surface area contributed by atoms with Gasteiger partial charge in [-0.25, -0.2) is 9.97 Å². The minimum absolute atomic E-state index is 0.251. The summed E-state index contributed by atoms with van der Waals surface area (Å²) in [6, 6.07) is 16.6. The molecule has 1 N–H and O–H groups in total. The topological polar surface area (TPSA) is 82.2 Å². The van der Waals surface area contributed by atoms with Crippen molar-refractivity contribution >= 4 is 5.91 Å². The second-order valence-electron chi connectivity index (χ2n) is 6.87. The number of aromatic nitrogens is 3. The van der Waals surface area contributed by atoms with Crippen LogP contribution in [0, 0.1) is 6.92 Å². The number of amides is 1. The van der Waals surface area contributed by atoms with Gasteiger partial charge >= 0.3 is 0 Å². The van der Waals surface area contributed by atoms with Gasteiger partial charge in [0.05, 0.1) is 7.11 Å². The van der Waals surface area contributed by atoms with Crippen LogP contribution < -0.4 is 10.1 Å².